The number of carbonyl (C=O) groups excluding carboxylic acids is 3. The van der Waals surface area contributed by atoms with Gasteiger partial charge in [-0.25, -0.2) is 0 Å². The molecule has 0 unspecified atom stereocenters. The monoisotopic (exact) mass is 592 g/mol. The van der Waals surface area contributed by atoms with Crippen LogP contribution in [0.4, 0.5) is 5.69 Å². The molecule has 2 amide bonds. The molecule has 44 heavy (non-hydrogen) atoms. The molecule has 3 aliphatic rings. The van der Waals surface area contributed by atoms with Gasteiger partial charge in [0, 0.05) is 24.3 Å². The van der Waals surface area contributed by atoms with Crippen LogP contribution in [0.3, 0.4) is 0 Å². The maximum atomic E-state index is 13.9. The smallest absolute Gasteiger partial charge is 0.312 e. The minimum absolute atomic E-state index is 0.0115. The van der Waals surface area contributed by atoms with E-state index in [1.165, 1.54) is 0 Å². The van der Waals surface area contributed by atoms with E-state index in [-0.39, 0.29) is 23.7 Å². The van der Waals surface area contributed by atoms with Gasteiger partial charge in [-0.3, -0.25) is 14.4 Å². The van der Waals surface area contributed by atoms with Crippen LogP contribution >= 0.6 is 0 Å². The van der Waals surface area contributed by atoms with Crippen LogP contribution in [-0.4, -0.2) is 28.3 Å². The molecule has 2 saturated carbocycles. The molecule has 6 heteroatoms. The molecular formula is C38H44N2O4. The molecular weight excluding hydrogens is 548 g/mol. The van der Waals surface area contributed by atoms with Gasteiger partial charge in [0.2, 0.25) is 5.91 Å². The third-order valence-electron chi connectivity index (χ3n) is 9.64. The standard InChI is InChI=1S/C38H44N2O4/c1-37(2,3)44-36(43)38(20-9-21-38)23-27-10-8-14-31(22-27)39-34(41)33(28-11-4-5-12-28)29-18-16-26(17-19-29)24-40-25-30-13-6-7-15-32(30)35(40)42/h6-8,10,13-19,22,28,33H,4-5,9,11-12,20-21,23-25H2,1-3H3,(H,39,41)/t33-/m0/s1. The van der Waals surface area contributed by atoms with E-state index < -0.39 is 11.0 Å². The molecule has 6 nitrogen and oxygen atoms in total. The maximum Gasteiger partial charge on any atom is 0.312 e. The third-order valence-corrected chi connectivity index (χ3v) is 9.64. The van der Waals surface area contributed by atoms with Crippen LogP contribution in [0.1, 0.15) is 104 Å². The van der Waals surface area contributed by atoms with E-state index in [0.29, 0.717) is 25.4 Å². The van der Waals surface area contributed by atoms with Crippen molar-refractivity contribution < 1.29 is 19.1 Å². The zero-order chi connectivity index (χ0) is 30.9. The Labute approximate surface area is 261 Å². The molecule has 3 aromatic carbocycles. The molecule has 1 atom stereocenters. The van der Waals surface area contributed by atoms with E-state index in [1.807, 2.05) is 74.2 Å². The summed E-state index contributed by atoms with van der Waals surface area (Å²) in [5.41, 5.74) is 4.74. The molecule has 2 fully saturated rings. The van der Waals surface area contributed by atoms with Crippen LogP contribution in [0.5, 0.6) is 0 Å². The number of hydrogen-bond donors (Lipinski definition) is 1. The number of anilines is 1. The van der Waals surface area contributed by atoms with Crippen LogP contribution in [0, 0.1) is 11.3 Å². The molecule has 1 aliphatic heterocycles. The predicted octanol–water partition coefficient (Wildman–Crippen LogP) is 7.81. The van der Waals surface area contributed by atoms with E-state index in [4.69, 9.17) is 4.74 Å². The van der Waals surface area contributed by atoms with Crippen molar-refractivity contribution in [1.29, 1.82) is 0 Å². The van der Waals surface area contributed by atoms with Crippen molar-refractivity contribution in [3.05, 3.63) is 101 Å². The number of amides is 2. The summed E-state index contributed by atoms with van der Waals surface area (Å²) >= 11 is 0. The molecule has 0 radical (unpaired) electrons. The van der Waals surface area contributed by atoms with Gasteiger partial charge in [0.25, 0.3) is 5.91 Å². The summed E-state index contributed by atoms with van der Waals surface area (Å²) in [7, 11) is 0. The molecule has 6 rings (SSSR count). The van der Waals surface area contributed by atoms with Crippen molar-refractivity contribution in [3.63, 3.8) is 0 Å². The highest BCUT2D eigenvalue weighted by atomic mass is 16.6. The minimum Gasteiger partial charge on any atom is -0.460 e. The molecule has 3 aromatic rings. The highest BCUT2D eigenvalue weighted by Crippen LogP contribution is 2.46. The Morgan fingerprint density at radius 2 is 1.66 bits per heavy atom. The van der Waals surface area contributed by atoms with Gasteiger partial charge in [-0.2, -0.15) is 0 Å². The minimum atomic E-state index is -0.513. The lowest BCUT2D eigenvalue weighted by molar-refractivity contribution is -0.173. The Kier molecular flexibility index (Phi) is 8.36. The Balaban J connectivity index is 1.15. The number of benzene rings is 3. The van der Waals surface area contributed by atoms with Crippen LogP contribution in [-0.2, 0) is 33.8 Å². The lowest BCUT2D eigenvalue weighted by Crippen LogP contribution is -2.44. The average molecular weight is 593 g/mol. The first-order chi connectivity index (χ1) is 21.1. The number of hydrogen-bond acceptors (Lipinski definition) is 4. The van der Waals surface area contributed by atoms with Crippen LogP contribution in [0.15, 0.2) is 72.8 Å². The molecule has 230 valence electrons. The first-order valence-electron chi connectivity index (χ1n) is 16.2. The summed E-state index contributed by atoms with van der Waals surface area (Å²) in [4.78, 5) is 41.8. The Morgan fingerprint density at radius 1 is 0.932 bits per heavy atom. The number of fused-ring (bicyclic) bond motifs is 1. The summed E-state index contributed by atoms with van der Waals surface area (Å²) < 4.78 is 5.79. The molecule has 0 aromatic heterocycles. The van der Waals surface area contributed by atoms with Crippen molar-refractivity contribution in [2.75, 3.05) is 5.32 Å². The molecule has 0 bridgehead atoms. The van der Waals surface area contributed by atoms with Crippen LogP contribution < -0.4 is 5.32 Å². The predicted molar refractivity (Wildman–Crippen MR) is 172 cm³/mol. The van der Waals surface area contributed by atoms with E-state index in [9.17, 15) is 14.4 Å². The normalized spacial score (nSPS) is 18.4. The van der Waals surface area contributed by atoms with E-state index in [1.54, 1.807) is 0 Å². The second-order valence-corrected chi connectivity index (χ2v) is 14.1. The van der Waals surface area contributed by atoms with E-state index in [2.05, 4.69) is 29.6 Å². The van der Waals surface area contributed by atoms with Gasteiger partial charge in [-0.1, -0.05) is 73.9 Å². The SMILES string of the molecule is CC(C)(C)OC(=O)C1(Cc2cccc(NC(=O)[C@H](c3ccc(CN4Cc5ccccc5C4=O)cc3)C3CCCC3)c2)CCC1. The first-order valence-corrected chi connectivity index (χ1v) is 16.2. The topological polar surface area (TPSA) is 75.7 Å². The summed E-state index contributed by atoms with van der Waals surface area (Å²) in [6, 6.07) is 24.0. The molecule has 0 saturated heterocycles. The lowest BCUT2D eigenvalue weighted by Gasteiger charge is -2.41. The Hall–Kier alpha value is -3.93. The maximum absolute atomic E-state index is 13.9. The molecule has 0 spiro atoms. The fraction of sp³-hybridized carbons (Fsp3) is 0.447. The second-order valence-electron chi connectivity index (χ2n) is 14.1. The van der Waals surface area contributed by atoms with E-state index >= 15 is 0 Å². The first kappa shape index (κ1) is 30.1. The number of ether oxygens (including phenoxy) is 1. The van der Waals surface area contributed by atoms with Gasteiger partial charge < -0.3 is 15.0 Å². The summed E-state index contributed by atoms with van der Waals surface area (Å²) in [5, 5.41) is 3.23. The van der Waals surface area contributed by atoms with E-state index in [0.717, 1.165) is 78.5 Å². The van der Waals surface area contributed by atoms with Crippen molar-refractivity contribution in [3.8, 4) is 0 Å². The zero-order valence-corrected chi connectivity index (χ0v) is 26.2. The fourth-order valence-corrected chi connectivity index (χ4v) is 7.23. The van der Waals surface area contributed by atoms with Crippen molar-refractivity contribution in [1.82, 2.24) is 4.90 Å². The van der Waals surface area contributed by atoms with Gasteiger partial charge in [0.05, 0.1) is 11.3 Å². The molecule has 1 heterocycles. The summed E-state index contributed by atoms with van der Waals surface area (Å²) in [6.45, 7) is 6.91. The third kappa shape index (κ3) is 6.45. The van der Waals surface area contributed by atoms with Gasteiger partial charge >= 0.3 is 5.97 Å². The fourth-order valence-electron chi connectivity index (χ4n) is 7.23. The lowest BCUT2D eigenvalue weighted by atomic mass is 9.65. The van der Waals surface area contributed by atoms with Crippen molar-refractivity contribution >= 4 is 23.5 Å². The Bertz CT molecular complexity index is 1530. The summed E-state index contributed by atoms with van der Waals surface area (Å²) in [5.74, 6) is 0.0210. The number of nitrogens with one attached hydrogen (secondary N) is 1. The van der Waals surface area contributed by atoms with Crippen molar-refractivity contribution in [2.45, 2.75) is 96.7 Å². The average Bonchev–Trinajstić information content (AvgIpc) is 3.59. The number of esters is 1. The van der Waals surface area contributed by atoms with Crippen molar-refractivity contribution in [2.24, 2.45) is 11.3 Å². The van der Waals surface area contributed by atoms with Gasteiger partial charge in [-0.15, -0.1) is 0 Å². The molecule has 2 aliphatic carbocycles. The number of carbonyl (C=O) groups is 3. The zero-order valence-electron chi connectivity index (χ0n) is 26.2. The quantitative estimate of drug-likeness (QED) is 0.257. The Morgan fingerprint density at radius 3 is 2.32 bits per heavy atom. The van der Waals surface area contributed by atoms with Crippen LogP contribution in [0.2, 0.25) is 0 Å². The highest BCUT2D eigenvalue weighted by molar-refractivity contribution is 5.98. The van der Waals surface area contributed by atoms with Crippen LogP contribution in [0.25, 0.3) is 0 Å². The van der Waals surface area contributed by atoms with Gasteiger partial charge in [0.15, 0.2) is 0 Å². The summed E-state index contributed by atoms with van der Waals surface area (Å²) in [6.07, 6.45) is 7.67. The molecule has 1 N–H and O–H groups in total. The largest absolute Gasteiger partial charge is 0.460 e. The number of nitrogens with zero attached hydrogens (tertiary/aromatic N) is 1. The van der Waals surface area contributed by atoms with Gasteiger partial charge in [0.1, 0.15) is 5.60 Å². The number of rotatable bonds is 9. The highest BCUT2D eigenvalue weighted by Gasteiger charge is 2.46. The van der Waals surface area contributed by atoms with Gasteiger partial charge in [-0.05, 0) is 99.2 Å². The second kappa shape index (κ2) is 12.2.